The molecule has 3 rings (SSSR count). The Morgan fingerprint density at radius 3 is 2.84 bits per heavy atom. The predicted octanol–water partition coefficient (Wildman–Crippen LogP) is 4.78. The highest BCUT2D eigenvalue weighted by molar-refractivity contribution is 7.62. The van der Waals surface area contributed by atoms with Crippen LogP contribution in [0.2, 0.25) is 0 Å². The van der Waals surface area contributed by atoms with Crippen molar-refractivity contribution in [3.05, 3.63) is 27.8 Å². The molecule has 4 heteroatoms. The van der Waals surface area contributed by atoms with E-state index < -0.39 is 7.14 Å². The van der Waals surface area contributed by atoms with E-state index in [4.69, 9.17) is 4.98 Å². The van der Waals surface area contributed by atoms with Gasteiger partial charge < -0.3 is 4.57 Å². The largest absolute Gasteiger partial charge is 0.323 e. The molecular weight excluding hydrogens is 273 g/mol. The van der Waals surface area contributed by atoms with E-state index in [0.29, 0.717) is 5.92 Å². The Labute approximate surface area is 118 Å². The number of rotatable bonds is 1. The molecule has 102 valence electrons. The molecule has 0 aromatic carbocycles. The third kappa shape index (κ3) is 2.28. The van der Waals surface area contributed by atoms with Crippen LogP contribution in [-0.2, 0) is 17.1 Å². The van der Waals surface area contributed by atoms with E-state index in [1.54, 1.807) is 11.3 Å². The molecule has 0 N–H and O–H groups in total. The third-order valence-corrected chi connectivity index (χ3v) is 7.03. The Morgan fingerprint density at radius 2 is 2.16 bits per heavy atom. The molecule has 1 aliphatic heterocycles. The molecular formula is C15H20NOPS. The van der Waals surface area contributed by atoms with Crippen LogP contribution in [0.4, 0.5) is 0 Å². The summed E-state index contributed by atoms with van der Waals surface area (Å²) in [4.78, 5) is 7.31. The highest BCUT2D eigenvalue weighted by Gasteiger charge is 2.29. The van der Waals surface area contributed by atoms with Gasteiger partial charge in [-0.25, -0.2) is 4.98 Å². The zero-order chi connectivity index (χ0) is 13.8. The summed E-state index contributed by atoms with van der Waals surface area (Å²) in [5, 5.41) is 1.29. The monoisotopic (exact) mass is 293 g/mol. The molecule has 1 aliphatic rings. The second-order valence-corrected chi connectivity index (χ2v) is 10.7. The Kier molecular flexibility index (Phi) is 3.11. The van der Waals surface area contributed by atoms with Gasteiger partial charge in [0.2, 0.25) is 0 Å². The standard InChI is InChI=1S/C15H20NOPS/c1-9(2)14-11-7-10(3)19-15(11)16-13-5-6-18(4,17)8-12(13)14/h7,9H,5-6,8H2,1-4H3. The summed E-state index contributed by atoms with van der Waals surface area (Å²) < 4.78 is 12.5. The highest BCUT2D eigenvalue weighted by atomic mass is 32.1. The molecule has 0 fully saturated rings. The summed E-state index contributed by atoms with van der Waals surface area (Å²) in [6.45, 7) is 8.55. The van der Waals surface area contributed by atoms with Gasteiger partial charge >= 0.3 is 0 Å². The summed E-state index contributed by atoms with van der Waals surface area (Å²) in [5.74, 6) is 0.464. The van der Waals surface area contributed by atoms with Crippen LogP contribution in [0.25, 0.3) is 10.2 Å². The molecule has 2 aromatic rings. The summed E-state index contributed by atoms with van der Waals surface area (Å²) in [7, 11) is -1.99. The first-order valence-electron chi connectivity index (χ1n) is 6.85. The zero-order valence-corrected chi connectivity index (χ0v) is 13.7. The number of aromatic nitrogens is 1. The average Bonchev–Trinajstić information content (AvgIpc) is 2.64. The van der Waals surface area contributed by atoms with Crippen LogP contribution < -0.4 is 0 Å². The molecule has 0 radical (unpaired) electrons. The predicted molar refractivity (Wildman–Crippen MR) is 84.3 cm³/mol. The summed E-state index contributed by atoms with van der Waals surface area (Å²) in [5.41, 5.74) is 3.88. The molecule has 0 aliphatic carbocycles. The molecule has 2 nitrogen and oxygen atoms in total. The van der Waals surface area contributed by atoms with Gasteiger partial charge in [0.15, 0.2) is 0 Å². The van der Waals surface area contributed by atoms with Crippen LogP contribution in [-0.4, -0.2) is 17.8 Å². The van der Waals surface area contributed by atoms with E-state index in [-0.39, 0.29) is 0 Å². The molecule has 3 heterocycles. The molecule has 0 saturated heterocycles. The van der Waals surface area contributed by atoms with Crippen LogP contribution in [0, 0.1) is 6.92 Å². The topological polar surface area (TPSA) is 30.0 Å². The zero-order valence-electron chi connectivity index (χ0n) is 12.0. The molecule has 0 bridgehead atoms. The van der Waals surface area contributed by atoms with Crippen molar-refractivity contribution in [2.75, 3.05) is 12.8 Å². The Morgan fingerprint density at radius 1 is 1.42 bits per heavy atom. The van der Waals surface area contributed by atoms with E-state index in [1.807, 2.05) is 6.66 Å². The van der Waals surface area contributed by atoms with Gasteiger partial charge in [-0.15, -0.1) is 11.3 Å². The lowest BCUT2D eigenvalue weighted by Gasteiger charge is -2.25. The smallest absolute Gasteiger partial charge is 0.124 e. The van der Waals surface area contributed by atoms with Crippen molar-refractivity contribution in [2.24, 2.45) is 0 Å². The average molecular weight is 293 g/mol. The minimum absolute atomic E-state index is 0.464. The maximum Gasteiger partial charge on any atom is 0.124 e. The Balaban J connectivity index is 2.34. The first-order valence-corrected chi connectivity index (χ1v) is 10.2. The van der Waals surface area contributed by atoms with Crippen molar-refractivity contribution in [1.29, 1.82) is 0 Å². The molecule has 19 heavy (non-hydrogen) atoms. The minimum Gasteiger partial charge on any atom is -0.323 e. The quantitative estimate of drug-likeness (QED) is 0.708. The lowest BCUT2D eigenvalue weighted by molar-refractivity contribution is 0.574. The van der Waals surface area contributed by atoms with Gasteiger partial charge in [0.1, 0.15) is 4.83 Å². The van der Waals surface area contributed by atoms with Crippen molar-refractivity contribution in [1.82, 2.24) is 4.98 Å². The van der Waals surface area contributed by atoms with E-state index in [1.165, 1.54) is 27.1 Å². The Bertz CT molecular complexity index is 702. The molecule has 0 amide bonds. The fourth-order valence-electron chi connectivity index (χ4n) is 3.08. The van der Waals surface area contributed by atoms with E-state index in [2.05, 4.69) is 26.8 Å². The fourth-order valence-corrected chi connectivity index (χ4v) is 5.87. The first-order chi connectivity index (χ1) is 8.87. The van der Waals surface area contributed by atoms with Crippen molar-refractivity contribution in [2.45, 2.75) is 39.3 Å². The van der Waals surface area contributed by atoms with Gasteiger partial charge in [0, 0.05) is 28.3 Å². The Hall–Kier alpha value is -0.660. The summed E-state index contributed by atoms with van der Waals surface area (Å²) in [6.07, 6.45) is 2.45. The number of nitrogens with zero attached hydrogens (tertiary/aromatic N) is 1. The fraction of sp³-hybridized carbons (Fsp3) is 0.533. The molecule has 1 unspecified atom stereocenters. The van der Waals surface area contributed by atoms with Gasteiger partial charge in [-0.3, -0.25) is 0 Å². The molecule has 0 spiro atoms. The van der Waals surface area contributed by atoms with E-state index in [9.17, 15) is 4.57 Å². The van der Waals surface area contributed by atoms with Gasteiger partial charge in [0.05, 0.1) is 7.14 Å². The van der Waals surface area contributed by atoms with Gasteiger partial charge in [0.25, 0.3) is 0 Å². The van der Waals surface area contributed by atoms with Gasteiger partial charge in [-0.05, 0) is 43.1 Å². The van der Waals surface area contributed by atoms with Gasteiger partial charge in [-0.1, -0.05) is 13.8 Å². The summed E-state index contributed by atoms with van der Waals surface area (Å²) >= 11 is 1.78. The number of thiophene rings is 1. The van der Waals surface area contributed by atoms with Crippen molar-refractivity contribution >= 4 is 28.7 Å². The van der Waals surface area contributed by atoms with Crippen LogP contribution >= 0.6 is 18.5 Å². The highest BCUT2D eigenvalue weighted by Crippen LogP contribution is 2.51. The third-order valence-electron chi connectivity index (χ3n) is 3.93. The first kappa shape index (κ1) is 13.3. The van der Waals surface area contributed by atoms with Crippen LogP contribution in [0.15, 0.2) is 6.07 Å². The normalized spacial score (nSPS) is 23.0. The van der Waals surface area contributed by atoms with E-state index in [0.717, 1.165) is 23.6 Å². The lowest BCUT2D eigenvalue weighted by Crippen LogP contribution is -2.13. The van der Waals surface area contributed by atoms with E-state index >= 15 is 0 Å². The second-order valence-electron chi connectivity index (χ2n) is 6.11. The minimum atomic E-state index is -1.99. The number of hydrogen-bond donors (Lipinski definition) is 0. The SMILES string of the molecule is Cc1cc2c(C(C)C)c3c(nc2s1)CCP(C)(=O)C3. The number of hydrogen-bond acceptors (Lipinski definition) is 3. The number of aryl methyl sites for hydroxylation is 2. The molecule has 1 atom stereocenters. The van der Waals surface area contributed by atoms with Crippen LogP contribution in [0.3, 0.4) is 0 Å². The van der Waals surface area contributed by atoms with Crippen molar-refractivity contribution in [3.8, 4) is 0 Å². The number of pyridine rings is 1. The molecule has 0 saturated carbocycles. The number of fused-ring (bicyclic) bond motifs is 2. The van der Waals surface area contributed by atoms with Crippen molar-refractivity contribution in [3.63, 3.8) is 0 Å². The maximum atomic E-state index is 12.5. The van der Waals surface area contributed by atoms with Gasteiger partial charge in [-0.2, -0.15) is 0 Å². The second kappa shape index (κ2) is 4.43. The lowest BCUT2D eigenvalue weighted by atomic mass is 9.93. The summed E-state index contributed by atoms with van der Waals surface area (Å²) in [6, 6.07) is 2.25. The molecule has 2 aromatic heterocycles. The van der Waals surface area contributed by atoms with Crippen molar-refractivity contribution < 1.29 is 4.57 Å². The van der Waals surface area contributed by atoms with Crippen LogP contribution in [0.5, 0.6) is 0 Å². The van der Waals surface area contributed by atoms with Crippen LogP contribution in [0.1, 0.15) is 41.5 Å². The maximum absolute atomic E-state index is 12.5.